The van der Waals surface area contributed by atoms with Gasteiger partial charge < -0.3 is 15.4 Å². The minimum absolute atomic E-state index is 0.000973. The molecule has 2 rings (SSSR count). The minimum atomic E-state index is -0.504. The van der Waals surface area contributed by atoms with Crippen LogP contribution in [0.4, 0.5) is 15.8 Å². The molecule has 0 aliphatic heterocycles. The maximum Gasteiger partial charge on any atom is 0.243 e. The largest absolute Gasteiger partial charge is 0.487 e. The summed E-state index contributed by atoms with van der Waals surface area (Å²) in [6.45, 7) is 6.02. The number of amides is 1. The molecule has 0 fully saturated rings. The highest BCUT2D eigenvalue weighted by atomic mass is 35.5. The van der Waals surface area contributed by atoms with Crippen LogP contribution in [0.15, 0.2) is 54.6 Å². The monoisotopic (exact) mass is 348 g/mol. The van der Waals surface area contributed by atoms with Crippen molar-refractivity contribution in [3.63, 3.8) is 0 Å². The molecule has 0 bridgehead atoms. The van der Waals surface area contributed by atoms with E-state index in [1.165, 1.54) is 18.2 Å². The Kier molecular flexibility index (Phi) is 6.21. The van der Waals surface area contributed by atoms with Crippen LogP contribution < -0.4 is 15.4 Å². The van der Waals surface area contributed by atoms with Gasteiger partial charge in [-0.25, -0.2) is 4.39 Å². The molecule has 2 aromatic carbocycles. The number of nitrogens with one attached hydrogen (secondary N) is 2. The second kappa shape index (κ2) is 8.36. The molecule has 0 unspecified atom stereocenters. The maximum atomic E-state index is 13.1. The molecule has 0 aliphatic carbocycles. The molecule has 24 heavy (non-hydrogen) atoms. The molecule has 0 aromatic heterocycles. The summed E-state index contributed by atoms with van der Waals surface area (Å²) in [7, 11) is 0. The average molecular weight is 349 g/mol. The molecule has 1 amide bonds. The van der Waals surface area contributed by atoms with Crippen LogP contribution in [0.3, 0.4) is 0 Å². The smallest absolute Gasteiger partial charge is 0.243 e. The predicted molar refractivity (Wildman–Crippen MR) is 95.3 cm³/mol. The molecule has 2 N–H and O–H groups in total. The Morgan fingerprint density at radius 1 is 1.29 bits per heavy atom. The third-order valence-electron chi connectivity index (χ3n) is 3.01. The Bertz CT molecular complexity index is 750. The summed E-state index contributed by atoms with van der Waals surface area (Å²) in [6.07, 6.45) is 0. The third-order valence-corrected chi connectivity index (χ3v) is 3.30. The summed E-state index contributed by atoms with van der Waals surface area (Å²) in [5, 5.41) is 5.65. The molecule has 0 radical (unpaired) electrons. The zero-order valence-electron chi connectivity index (χ0n) is 13.2. The number of halogens is 2. The number of benzene rings is 2. The second-order valence-corrected chi connectivity index (χ2v) is 5.68. The Labute approximate surface area is 145 Å². The maximum absolute atomic E-state index is 13.1. The molecule has 0 aliphatic rings. The van der Waals surface area contributed by atoms with Gasteiger partial charge in [-0.3, -0.25) is 4.79 Å². The van der Waals surface area contributed by atoms with Crippen LogP contribution in [0.1, 0.15) is 6.92 Å². The second-order valence-electron chi connectivity index (χ2n) is 5.27. The van der Waals surface area contributed by atoms with Gasteiger partial charge in [-0.2, -0.15) is 0 Å². The summed E-state index contributed by atoms with van der Waals surface area (Å²) in [5.74, 6) is -0.198. The summed E-state index contributed by atoms with van der Waals surface area (Å²) in [6, 6.07) is 11.3. The van der Waals surface area contributed by atoms with Crippen LogP contribution in [-0.2, 0) is 4.79 Å². The molecule has 0 saturated carbocycles. The standard InChI is InChI=1S/C18H18ClFN2O2/c1-12(2)11-24-17-6-4-3-5-16(17)22-18(23)10-21-13-7-8-15(20)14(19)9-13/h3-9,21H,1,10-11H2,2H3,(H,22,23). The van der Waals surface area contributed by atoms with E-state index in [2.05, 4.69) is 17.2 Å². The first-order valence-corrected chi connectivity index (χ1v) is 7.68. The number of hydrogen-bond donors (Lipinski definition) is 2. The lowest BCUT2D eigenvalue weighted by atomic mass is 10.2. The van der Waals surface area contributed by atoms with Crippen LogP contribution in [-0.4, -0.2) is 19.1 Å². The van der Waals surface area contributed by atoms with Crippen LogP contribution in [0.25, 0.3) is 0 Å². The molecule has 2 aromatic rings. The van der Waals surface area contributed by atoms with Gasteiger partial charge >= 0.3 is 0 Å². The van der Waals surface area contributed by atoms with E-state index >= 15 is 0 Å². The fourth-order valence-corrected chi connectivity index (χ4v) is 2.06. The molecule has 4 nitrogen and oxygen atoms in total. The summed E-state index contributed by atoms with van der Waals surface area (Å²) in [4.78, 5) is 12.1. The first kappa shape index (κ1) is 17.8. The Morgan fingerprint density at radius 2 is 2.04 bits per heavy atom. The van der Waals surface area contributed by atoms with Gasteiger partial charge in [-0.1, -0.05) is 30.3 Å². The Balaban J connectivity index is 1.94. The summed E-state index contributed by atoms with van der Waals surface area (Å²) in [5.41, 5.74) is 2.01. The van der Waals surface area contributed by atoms with E-state index in [4.69, 9.17) is 16.3 Å². The first-order valence-electron chi connectivity index (χ1n) is 7.30. The highest BCUT2D eigenvalue weighted by Gasteiger charge is 2.08. The topological polar surface area (TPSA) is 50.4 Å². The predicted octanol–water partition coefficient (Wildman–Crippen LogP) is 4.48. The van der Waals surface area contributed by atoms with E-state index in [0.29, 0.717) is 23.7 Å². The normalized spacial score (nSPS) is 10.1. The fraction of sp³-hybridized carbons (Fsp3) is 0.167. The van der Waals surface area contributed by atoms with E-state index in [1.807, 2.05) is 13.0 Å². The average Bonchev–Trinajstić information content (AvgIpc) is 2.55. The molecule has 6 heteroatoms. The lowest BCUT2D eigenvalue weighted by Crippen LogP contribution is -2.22. The van der Waals surface area contributed by atoms with E-state index in [9.17, 15) is 9.18 Å². The number of hydrogen-bond acceptors (Lipinski definition) is 3. The van der Waals surface area contributed by atoms with Crippen molar-refractivity contribution in [3.8, 4) is 5.75 Å². The zero-order valence-corrected chi connectivity index (χ0v) is 14.0. The van der Waals surface area contributed by atoms with Crippen molar-refractivity contribution in [2.24, 2.45) is 0 Å². The number of ether oxygens (including phenoxy) is 1. The van der Waals surface area contributed by atoms with Gasteiger partial charge in [-0.15, -0.1) is 0 Å². The highest BCUT2D eigenvalue weighted by Crippen LogP contribution is 2.24. The fourth-order valence-electron chi connectivity index (χ4n) is 1.88. The summed E-state index contributed by atoms with van der Waals surface area (Å²) >= 11 is 5.70. The zero-order chi connectivity index (χ0) is 17.5. The van der Waals surface area contributed by atoms with Gasteiger partial charge in [0.1, 0.15) is 18.2 Å². The molecule has 0 atom stereocenters. The van der Waals surface area contributed by atoms with Gasteiger partial charge in [-0.05, 0) is 42.8 Å². The van der Waals surface area contributed by atoms with E-state index in [0.717, 1.165) is 5.57 Å². The third kappa shape index (κ3) is 5.28. The van der Waals surface area contributed by atoms with Crippen LogP contribution in [0.5, 0.6) is 5.75 Å². The van der Waals surface area contributed by atoms with E-state index in [1.54, 1.807) is 18.2 Å². The van der Waals surface area contributed by atoms with Crippen molar-refractivity contribution in [1.82, 2.24) is 0 Å². The molecule has 0 heterocycles. The van der Waals surface area contributed by atoms with Crippen molar-refractivity contribution in [1.29, 1.82) is 0 Å². The summed E-state index contributed by atoms with van der Waals surface area (Å²) < 4.78 is 18.7. The van der Waals surface area contributed by atoms with Crippen molar-refractivity contribution in [2.45, 2.75) is 6.92 Å². The highest BCUT2D eigenvalue weighted by molar-refractivity contribution is 6.31. The van der Waals surface area contributed by atoms with Crippen molar-refractivity contribution < 1.29 is 13.9 Å². The Hall–Kier alpha value is -2.53. The number of carbonyl (C=O) groups excluding carboxylic acids is 1. The lowest BCUT2D eigenvalue weighted by molar-refractivity contribution is -0.114. The van der Waals surface area contributed by atoms with Gasteiger partial charge in [0.2, 0.25) is 5.91 Å². The number of carbonyl (C=O) groups is 1. The number of para-hydroxylation sites is 2. The van der Waals surface area contributed by atoms with Gasteiger partial charge in [0.15, 0.2) is 0 Å². The SMILES string of the molecule is C=C(C)COc1ccccc1NC(=O)CNc1ccc(F)c(Cl)c1. The van der Waals surface area contributed by atoms with Gasteiger partial charge in [0.25, 0.3) is 0 Å². The van der Waals surface area contributed by atoms with Crippen molar-refractivity contribution in [2.75, 3.05) is 23.8 Å². The molecule has 0 saturated heterocycles. The van der Waals surface area contributed by atoms with Gasteiger partial charge in [0.05, 0.1) is 17.3 Å². The van der Waals surface area contributed by atoms with Crippen LogP contribution in [0, 0.1) is 5.82 Å². The number of rotatable bonds is 7. The van der Waals surface area contributed by atoms with Crippen LogP contribution in [0.2, 0.25) is 5.02 Å². The van der Waals surface area contributed by atoms with E-state index in [-0.39, 0.29) is 17.5 Å². The van der Waals surface area contributed by atoms with Crippen molar-refractivity contribution >= 4 is 28.9 Å². The van der Waals surface area contributed by atoms with Gasteiger partial charge in [0, 0.05) is 5.69 Å². The first-order chi connectivity index (χ1) is 11.5. The molecular formula is C18H18ClFN2O2. The molecular weight excluding hydrogens is 331 g/mol. The van der Waals surface area contributed by atoms with Crippen LogP contribution >= 0.6 is 11.6 Å². The minimum Gasteiger partial charge on any atom is -0.487 e. The molecule has 0 spiro atoms. The van der Waals surface area contributed by atoms with E-state index < -0.39 is 5.82 Å². The quantitative estimate of drug-likeness (QED) is 0.725. The lowest BCUT2D eigenvalue weighted by Gasteiger charge is -2.13. The Morgan fingerprint density at radius 3 is 2.75 bits per heavy atom. The molecule has 126 valence electrons. The van der Waals surface area contributed by atoms with Crippen molar-refractivity contribution in [3.05, 3.63) is 65.5 Å². The number of anilines is 2.